The van der Waals surface area contributed by atoms with Crippen molar-refractivity contribution in [2.45, 2.75) is 411 Å². The summed E-state index contributed by atoms with van der Waals surface area (Å²) in [7, 11) is 0. The van der Waals surface area contributed by atoms with Gasteiger partial charge in [0.1, 0.15) is 0 Å². The maximum Gasteiger partial charge on any atom is 0.305 e. The van der Waals surface area contributed by atoms with Crippen LogP contribution in [-0.2, 0) is 14.3 Å². The second-order valence-corrected chi connectivity index (χ2v) is 24.9. The van der Waals surface area contributed by atoms with Gasteiger partial charge in [0.05, 0.1) is 25.4 Å². The highest BCUT2D eigenvalue weighted by atomic mass is 16.5. The molecular weight excluding hydrogens is 983 g/mol. The molecule has 0 rings (SSSR count). The van der Waals surface area contributed by atoms with E-state index in [1.165, 1.54) is 315 Å². The number of unbranched alkanes of at least 4 members (excludes halogenated alkanes) is 51. The molecule has 0 aromatic rings. The fourth-order valence-corrected chi connectivity index (χ4v) is 11.4. The van der Waals surface area contributed by atoms with E-state index < -0.39 is 12.1 Å². The number of carbonyl (C=O) groups excluding carboxylic acids is 2. The Labute approximate surface area is 500 Å². The summed E-state index contributed by atoms with van der Waals surface area (Å²) in [6, 6.07) is -0.538. The van der Waals surface area contributed by atoms with E-state index in [1.54, 1.807) is 0 Å². The van der Waals surface area contributed by atoms with Crippen LogP contribution in [0.3, 0.4) is 0 Å². The fraction of sp³-hybridized carbons (Fsp3) is 0.892. The molecule has 472 valence electrons. The van der Waals surface area contributed by atoms with Crippen molar-refractivity contribution in [1.82, 2.24) is 5.32 Å². The summed E-state index contributed by atoms with van der Waals surface area (Å²) in [6.45, 7) is 4.96. The highest BCUT2D eigenvalue weighted by Crippen LogP contribution is 2.19. The largest absolute Gasteiger partial charge is 0.466 e. The summed E-state index contributed by atoms with van der Waals surface area (Å²) in [4.78, 5) is 24.5. The van der Waals surface area contributed by atoms with Crippen molar-refractivity contribution in [2.24, 2.45) is 0 Å². The minimum atomic E-state index is -0.661. The van der Waals surface area contributed by atoms with E-state index in [2.05, 4.69) is 55.6 Å². The van der Waals surface area contributed by atoms with Crippen molar-refractivity contribution >= 4 is 11.9 Å². The van der Waals surface area contributed by atoms with Crippen LogP contribution in [0.5, 0.6) is 0 Å². The SMILES string of the molecule is CCCCCCCC/C=C\CCCCCCCC(=O)OCCCCCCCCCCCCCCC/C=C\C/C=C\CCCCCCCCCCCCCCCCCCCC(=O)NC(CO)C(O)CCCCCCCCCCCCC. The normalized spacial score (nSPS) is 12.7. The van der Waals surface area contributed by atoms with Gasteiger partial charge in [0.15, 0.2) is 0 Å². The molecule has 0 bridgehead atoms. The predicted molar refractivity (Wildman–Crippen MR) is 352 cm³/mol. The molecule has 0 aliphatic carbocycles. The molecule has 0 spiro atoms. The average molecular weight is 1120 g/mol. The lowest BCUT2D eigenvalue weighted by Crippen LogP contribution is -2.45. The van der Waals surface area contributed by atoms with Crippen molar-refractivity contribution in [2.75, 3.05) is 13.2 Å². The van der Waals surface area contributed by atoms with Crippen LogP contribution in [0.25, 0.3) is 0 Å². The van der Waals surface area contributed by atoms with E-state index in [4.69, 9.17) is 4.74 Å². The van der Waals surface area contributed by atoms with Gasteiger partial charge < -0.3 is 20.3 Å². The Bertz CT molecular complexity index is 1300. The third-order valence-electron chi connectivity index (χ3n) is 16.9. The summed E-state index contributed by atoms with van der Waals surface area (Å²) in [5, 5.41) is 23.2. The highest BCUT2D eigenvalue weighted by Gasteiger charge is 2.20. The summed E-state index contributed by atoms with van der Waals surface area (Å²) in [6.07, 6.45) is 89.3. The Kier molecular flexibility index (Phi) is 67.9. The summed E-state index contributed by atoms with van der Waals surface area (Å²) >= 11 is 0. The van der Waals surface area contributed by atoms with E-state index in [0.717, 1.165) is 51.4 Å². The van der Waals surface area contributed by atoms with Crippen LogP contribution in [-0.4, -0.2) is 47.4 Å². The van der Waals surface area contributed by atoms with Crippen molar-refractivity contribution in [3.8, 4) is 0 Å². The number of hydrogen-bond donors (Lipinski definition) is 3. The number of esters is 1. The van der Waals surface area contributed by atoms with Gasteiger partial charge >= 0.3 is 5.97 Å². The summed E-state index contributed by atoms with van der Waals surface area (Å²) < 4.78 is 5.49. The van der Waals surface area contributed by atoms with Crippen LogP contribution >= 0.6 is 0 Å². The number of hydrogen-bond acceptors (Lipinski definition) is 5. The lowest BCUT2D eigenvalue weighted by Gasteiger charge is -2.22. The number of allylic oxidation sites excluding steroid dienone is 6. The first-order valence-corrected chi connectivity index (χ1v) is 36.2. The molecule has 0 aliphatic rings. The van der Waals surface area contributed by atoms with Gasteiger partial charge in [0, 0.05) is 12.8 Å². The molecule has 2 atom stereocenters. The number of amides is 1. The molecule has 0 heterocycles. The molecule has 2 unspecified atom stereocenters. The zero-order valence-corrected chi connectivity index (χ0v) is 54.1. The van der Waals surface area contributed by atoms with Gasteiger partial charge in [-0.15, -0.1) is 0 Å². The Morgan fingerprint density at radius 2 is 0.625 bits per heavy atom. The molecule has 0 aromatic carbocycles. The Morgan fingerprint density at radius 1 is 0.350 bits per heavy atom. The summed E-state index contributed by atoms with van der Waals surface area (Å²) in [5.74, 6) is -0.0205. The van der Waals surface area contributed by atoms with Crippen LogP contribution in [0.15, 0.2) is 36.5 Å². The van der Waals surface area contributed by atoms with Crippen molar-refractivity contribution < 1.29 is 24.5 Å². The first-order valence-electron chi connectivity index (χ1n) is 36.2. The third-order valence-corrected chi connectivity index (χ3v) is 16.9. The smallest absolute Gasteiger partial charge is 0.305 e. The van der Waals surface area contributed by atoms with Crippen molar-refractivity contribution in [3.63, 3.8) is 0 Å². The molecule has 6 nitrogen and oxygen atoms in total. The van der Waals surface area contributed by atoms with E-state index in [0.29, 0.717) is 25.9 Å². The number of nitrogens with one attached hydrogen (secondary N) is 1. The number of aliphatic hydroxyl groups is 2. The van der Waals surface area contributed by atoms with Crippen LogP contribution in [0.4, 0.5) is 0 Å². The Hall–Kier alpha value is -1.92. The van der Waals surface area contributed by atoms with Gasteiger partial charge in [-0.3, -0.25) is 9.59 Å². The zero-order chi connectivity index (χ0) is 57.8. The second-order valence-electron chi connectivity index (χ2n) is 24.9. The van der Waals surface area contributed by atoms with Crippen LogP contribution in [0, 0.1) is 0 Å². The minimum absolute atomic E-state index is 0.0111. The molecule has 0 fully saturated rings. The maximum atomic E-state index is 12.5. The van der Waals surface area contributed by atoms with Crippen LogP contribution < -0.4 is 5.32 Å². The molecule has 80 heavy (non-hydrogen) atoms. The van der Waals surface area contributed by atoms with Gasteiger partial charge in [-0.25, -0.2) is 0 Å². The summed E-state index contributed by atoms with van der Waals surface area (Å²) in [5.41, 5.74) is 0. The number of rotatable bonds is 68. The molecule has 3 N–H and O–H groups in total. The first kappa shape index (κ1) is 78.1. The molecule has 0 saturated heterocycles. The van der Waals surface area contributed by atoms with E-state index >= 15 is 0 Å². The van der Waals surface area contributed by atoms with Crippen molar-refractivity contribution in [3.05, 3.63) is 36.5 Å². The fourth-order valence-electron chi connectivity index (χ4n) is 11.4. The van der Waals surface area contributed by atoms with E-state index in [-0.39, 0.29) is 18.5 Å². The topological polar surface area (TPSA) is 95.9 Å². The lowest BCUT2D eigenvalue weighted by atomic mass is 10.0. The standard InChI is InChI=1S/C74H141NO5/c1-3-5-7-9-11-13-15-16-40-44-48-52-56-60-64-68-74(79)80-69-65-61-57-53-49-45-42-39-37-35-33-31-29-27-25-23-21-19-17-18-20-22-24-26-28-30-32-34-36-38-41-43-47-51-55-59-63-67-73(78)75-71(70-76)72(77)66-62-58-54-50-46-14-12-10-8-6-4-2/h16-17,19,23,25,40,71-72,76-77H,3-15,18,20-22,24,26-39,41-70H2,1-2H3,(H,75,78)/b19-17-,25-23-,40-16-. The number of carbonyl (C=O) groups is 2. The maximum absolute atomic E-state index is 12.5. The Balaban J connectivity index is 3.34. The minimum Gasteiger partial charge on any atom is -0.466 e. The lowest BCUT2D eigenvalue weighted by molar-refractivity contribution is -0.143. The third kappa shape index (κ3) is 65.2. The second kappa shape index (κ2) is 69.6. The zero-order valence-electron chi connectivity index (χ0n) is 54.1. The van der Waals surface area contributed by atoms with Crippen molar-refractivity contribution in [1.29, 1.82) is 0 Å². The highest BCUT2D eigenvalue weighted by molar-refractivity contribution is 5.76. The van der Waals surface area contributed by atoms with Gasteiger partial charge in [-0.2, -0.15) is 0 Å². The molecular formula is C74H141NO5. The predicted octanol–water partition coefficient (Wildman–Crippen LogP) is 23.5. The molecule has 0 aromatic heterocycles. The molecule has 0 aliphatic heterocycles. The first-order chi connectivity index (χ1) is 39.5. The Morgan fingerprint density at radius 3 is 0.963 bits per heavy atom. The molecule has 0 saturated carbocycles. The van der Waals surface area contributed by atoms with Gasteiger partial charge in [0.2, 0.25) is 5.91 Å². The van der Waals surface area contributed by atoms with Gasteiger partial charge in [0.25, 0.3) is 0 Å². The molecule has 1 amide bonds. The number of aliphatic hydroxyl groups excluding tert-OH is 2. The molecule has 6 heteroatoms. The quantitative estimate of drug-likeness (QED) is 0.0320. The van der Waals surface area contributed by atoms with E-state index in [1.807, 2.05) is 0 Å². The number of ether oxygens (including phenoxy) is 1. The average Bonchev–Trinajstić information content (AvgIpc) is 3.46. The van der Waals surface area contributed by atoms with Crippen LogP contribution in [0.2, 0.25) is 0 Å². The van der Waals surface area contributed by atoms with Crippen LogP contribution in [0.1, 0.15) is 399 Å². The molecule has 0 radical (unpaired) electrons. The van der Waals surface area contributed by atoms with Gasteiger partial charge in [-0.05, 0) is 83.5 Å². The van der Waals surface area contributed by atoms with E-state index in [9.17, 15) is 19.8 Å². The van der Waals surface area contributed by atoms with Gasteiger partial charge in [-0.1, -0.05) is 339 Å². The monoisotopic (exact) mass is 1120 g/mol.